The summed E-state index contributed by atoms with van der Waals surface area (Å²) in [5.41, 5.74) is 0. The smallest absolute Gasteiger partial charge is 0.321 e. The lowest BCUT2D eigenvalue weighted by atomic mass is 10.1. The molecule has 0 aromatic carbocycles. The van der Waals surface area contributed by atoms with Crippen molar-refractivity contribution in [3.05, 3.63) is 0 Å². The molecule has 1 unspecified atom stereocenters. The van der Waals surface area contributed by atoms with Crippen LogP contribution in [0, 0.1) is 0 Å². The van der Waals surface area contributed by atoms with Gasteiger partial charge in [-0.05, 0) is 12.8 Å². The van der Waals surface area contributed by atoms with Crippen LogP contribution in [0.15, 0.2) is 0 Å². The summed E-state index contributed by atoms with van der Waals surface area (Å²) in [6.07, 6.45) is 2.02. The minimum atomic E-state index is -0.365. The Morgan fingerprint density at radius 2 is 2.21 bits per heavy atom. The first-order chi connectivity index (χ1) is 6.74. The number of ether oxygens (including phenoxy) is 3. The second-order valence-corrected chi connectivity index (χ2v) is 4.24. The van der Waals surface area contributed by atoms with Crippen molar-refractivity contribution >= 4 is 21.9 Å². The molecular formula is C9H15BrO4. The fourth-order valence-electron chi connectivity index (χ4n) is 1.26. The number of esters is 1. The Labute approximate surface area is 92.0 Å². The Hall–Kier alpha value is -0.130. The van der Waals surface area contributed by atoms with Crippen LogP contribution in [-0.2, 0) is 19.0 Å². The van der Waals surface area contributed by atoms with Gasteiger partial charge in [-0.1, -0.05) is 15.9 Å². The quantitative estimate of drug-likeness (QED) is 0.565. The van der Waals surface area contributed by atoms with Crippen LogP contribution in [0.1, 0.15) is 12.8 Å². The van der Waals surface area contributed by atoms with Crippen LogP contribution in [-0.4, -0.2) is 43.8 Å². The van der Waals surface area contributed by atoms with Crippen molar-refractivity contribution in [3.63, 3.8) is 0 Å². The highest BCUT2D eigenvalue weighted by atomic mass is 79.9. The molecule has 1 atom stereocenters. The van der Waals surface area contributed by atoms with E-state index in [9.17, 15) is 4.79 Å². The molecule has 1 rings (SSSR count). The lowest BCUT2D eigenvalue weighted by Gasteiger charge is -2.23. The predicted molar refractivity (Wildman–Crippen MR) is 54.5 cm³/mol. The minimum Gasteiger partial charge on any atom is -0.468 e. The van der Waals surface area contributed by atoms with Crippen molar-refractivity contribution in [1.82, 2.24) is 0 Å². The summed E-state index contributed by atoms with van der Waals surface area (Å²) in [5, 5.41) is 0. The first kappa shape index (κ1) is 11.9. The molecular weight excluding hydrogens is 252 g/mol. The molecule has 0 aromatic heterocycles. The molecule has 0 aliphatic carbocycles. The molecule has 82 valence electrons. The van der Waals surface area contributed by atoms with E-state index in [1.165, 1.54) is 7.11 Å². The van der Waals surface area contributed by atoms with Gasteiger partial charge in [-0.3, -0.25) is 4.79 Å². The van der Waals surface area contributed by atoms with Gasteiger partial charge in [-0.2, -0.15) is 0 Å². The van der Waals surface area contributed by atoms with Gasteiger partial charge >= 0.3 is 5.97 Å². The number of carbonyl (C=O) groups excluding carboxylic acids is 1. The van der Waals surface area contributed by atoms with Crippen molar-refractivity contribution in [3.8, 4) is 0 Å². The molecule has 1 aliphatic rings. The zero-order valence-electron chi connectivity index (χ0n) is 8.20. The molecule has 0 amide bonds. The molecule has 1 fully saturated rings. The highest BCUT2D eigenvalue weighted by molar-refractivity contribution is 9.10. The van der Waals surface area contributed by atoms with Crippen LogP contribution in [0.25, 0.3) is 0 Å². The van der Waals surface area contributed by atoms with Gasteiger partial charge < -0.3 is 14.2 Å². The van der Waals surface area contributed by atoms with Gasteiger partial charge in [0.1, 0.15) is 4.83 Å². The van der Waals surface area contributed by atoms with Crippen molar-refractivity contribution in [1.29, 1.82) is 0 Å². The molecule has 0 aromatic rings. The molecule has 0 saturated carbocycles. The summed E-state index contributed by atoms with van der Waals surface area (Å²) in [4.78, 5) is 10.6. The second-order valence-electron chi connectivity index (χ2n) is 3.14. The molecule has 0 spiro atoms. The molecule has 4 nitrogen and oxygen atoms in total. The summed E-state index contributed by atoms with van der Waals surface area (Å²) in [6.45, 7) is 1.85. The fraction of sp³-hybridized carbons (Fsp3) is 0.889. The van der Waals surface area contributed by atoms with Gasteiger partial charge in [-0.15, -0.1) is 0 Å². The van der Waals surface area contributed by atoms with Crippen molar-refractivity contribution in [2.45, 2.75) is 23.8 Å². The maximum atomic E-state index is 11.0. The third-order valence-corrected chi connectivity index (χ3v) is 2.74. The van der Waals surface area contributed by atoms with Crippen LogP contribution in [0.2, 0.25) is 0 Å². The minimum absolute atomic E-state index is 0.216. The lowest BCUT2D eigenvalue weighted by molar-refractivity contribution is -0.141. The van der Waals surface area contributed by atoms with E-state index < -0.39 is 0 Å². The van der Waals surface area contributed by atoms with E-state index in [4.69, 9.17) is 9.47 Å². The third-order valence-electron chi connectivity index (χ3n) is 2.10. The van der Waals surface area contributed by atoms with Crippen molar-refractivity contribution < 1.29 is 19.0 Å². The normalized spacial score (nSPS) is 20.4. The molecule has 5 heteroatoms. The van der Waals surface area contributed by atoms with E-state index in [-0.39, 0.29) is 16.9 Å². The lowest BCUT2D eigenvalue weighted by Crippen LogP contribution is -2.29. The number of hydrogen-bond donors (Lipinski definition) is 0. The van der Waals surface area contributed by atoms with E-state index in [2.05, 4.69) is 20.7 Å². The molecule has 0 N–H and O–H groups in total. The third kappa shape index (κ3) is 3.94. The predicted octanol–water partition coefficient (Wildman–Crippen LogP) is 1.12. The molecule has 14 heavy (non-hydrogen) atoms. The van der Waals surface area contributed by atoms with Gasteiger partial charge in [-0.25, -0.2) is 0 Å². The fourth-order valence-corrected chi connectivity index (χ4v) is 1.60. The molecule has 0 bridgehead atoms. The molecule has 1 saturated heterocycles. The van der Waals surface area contributed by atoms with Crippen molar-refractivity contribution in [2.24, 2.45) is 0 Å². The number of halogens is 1. The summed E-state index contributed by atoms with van der Waals surface area (Å²) in [5.74, 6) is -0.294. The van der Waals surface area contributed by atoms with Crippen LogP contribution >= 0.6 is 15.9 Å². The number of methoxy groups -OCH3 is 1. The van der Waals surface area contributed by atoms with Crippen LogP contribution < -0.4 is 0 Å². The Morgan fingerprint density at radius 3 is 2.79 bits per heavy atom. The van der Waals surface area contributed by atoms with E-state index in [1.54, 1.807) is 0 Å². The van der Waals surface area contributed by atoms with Gasteiger partial charge in [0.05, 0.1) is 19.8 Å². The van der Waals surface area contributed by atoms with Gasteiger partial charge in [0, 0.05) is 13.2 Å². The maximum Gasteiger partial charge on any atom is 0.321 e. The SMILES string of the molecule is COC(=O)C(Br)COC1CCOCC1. The number of alkyl halides is 1. The monoisotopic (exact) mass is 266 g/mol. The zero-order valence-corrected chi connectivity index (χ0v) is 9.79. The van der Waals surface area contributed by atoms with E-state index in [0.29, 0.717) is 6.61 Å². The Balaban J connectivity index is 2.15. The number of hydrogen-bond acceptors (Lipinski definition) is 4. The summed E-state index contributed by atoms with van der Waals surface area (Å²) in [7, 11) is 1.37. The number of carbonyl (C=O) groups is 1. The molecule has 1 heterocycles. The average Bonchev–Trinajstić information content (AvgIpc) is 2.26. The Kier molecular flexibility index (Phi) is 5.44. The average molecular weight is 267 g/mol. The summed E-state index contributed by atoms with van der Waals surface area (Å²) >= 11 is 3.20. The second kappa shape index (κ2) is 6.37. The van der Waals surface area contributed by atoms with Gasteiger partial charge in [0.15, 0.2) is 0 Å². The Morgan fingerprint density at radius 1 is 1.57 bits per heavy atom. The van der Waals surface area contributed by atoms with Crippen LogP contribution in [0.5, 0.6) is 0 Å². The summed E-state index contributed by atoms with van der Waals surface area (Å²) < 4.78 is 15.3. The topological polar surface area (TPSA) is 44.8 Å². The van der Waals surface area contributed by atoms with E-state index in [1.807, 2.05) is 0 Å². The zero-order chi connectivity index (χ0) is 10.4. The standard InChI is InChI=1S/C9H15BrO4/c1-12-9(11)8(10)6-14-7-2-4-13-5-3-7/h7-8H,2-6H2,1H3. The molecule has 0 radical (unpaired) electrons. The highest BCUT2D eigenvalue weighted by Crippen LogP contribution is 2.12. The first-order valence-corrected chi connectivity index (χ1v) is 5.57. The maximum absolute atomic E-state index is 11.0. The van der Waals surface area contributed by atoms with Gasteiger partial charge in [0.25, 0.3) is 0 Å². The highest BCUT2D eigenvalue weighted by Gasteiger charge is 2.19. The van der Waals surface area contributed by atoms with Crippen LogP contribution in [0.3, 0.4) is 0 Å². The number of rotatable bonds is 4. The molecule has 1 aliphatic heterocycles. The van der Waals surface area contributed by atoms with Crippen LogP contribution in [0.4, 0.5) is 0 Å². The van der Waals surface area contributed by atoms with Gasteiger partial charge in [0.2, 0.25) is 0 Å². The first-order valence-electron chi connectivity index (χ1n) is 4.65. The Bertz CT molecular complexity index is 180. The van der Waals surface area contributed by atoms with Crippen molar-refractivity contribution in [2.75, 3.05) is 26.9 Å². The summed E-state index contributed by atoms with van der Waals surface area (Å²) in [6, 6.07) is 0. The largest absolute Gasteiger partial charge is 0.468 e. The van der Waals surface area contributed by atoms with E-state index in [0.717, 1.165) is 26.1 Å². The van der Waals surface area contributed by atoms with E-state index >= 15 is 0 Å².